The van der Waals surface area contributed by atoms with Crippen LogP contribution in [0.3, 0.4) is 0 Å². The lowest BCUT2D eigenvalue weighted by Gasteiger charge is -2.38. The van der Waals surface area contributed by atoms with Crippen LogP contribution in [0.4, 0.5) is 5.69 Å². The second-order valence-electron chi connectivity index (χ2n) is 15.9. The topological polar surface area (TPSA) is 73.9 Å². The van der Waals surface area contributed by atoms with Gasteiger partial charge in [-0.1, -0.05) is 146 Å². The van der Waals surface area contributed by atoms with E-state index >= 15 is 0 Å². The first kappa shape index (κ1) is 43.0. The Morgan fingerprint density at radius 2 is 1.08 bits per heavy atom. The maximum atomic E-state index is 6.90. The monoisotopic (exact) mass is 833 g/mol. The summed E-state index contributed by atoms with van der Waals surface area (Å²) in [5.74, 6) is 1.56. The lowest BCUT2D eigenvalue weighted by molar-refractivity contribution is -0.142. The lowest BCUT2D eigenvalue weighted by atomic mass is 9.84. The van der Waals surface area contributed by atoms with Crippen molar-refractivity contribution in [1.29, 1.82) is 0 Å². The van der Waals surface area contributed by atoms with Crippen molar-refractivity contribution in [2.24, 2.45) is 0 Å². The molecule has 3 fully saturated rings. The highest BCUT2D eigenvalue weighted by atomic mass is 16.7. The average Bonchev–Trinajstić information content (AvgIpc) is 3.99. The molecule has 0 amide bonds. The summed E-state index contributed by atoms with van der Waals surface area (Å²) in [5.41, 5.74) is 5.37. The zero-order chi connectivity index (χ0) is 42.5. The molecule has 0 spiro atoms. The Morgan fingerprint density at radius 3 is 1.66 bits per heavy atom. The van der Waals surface area contributed by atoms with Gasteiger partial charge in [-0.3, -0.25) is 4.90 Å². The standard InChI is InChI=1S/C28H32N2O2.C25H27NO4/c1-31-27-15-9-8-14-26(27)30-20-18-29(19-21-30)22-25-16-17-28(32-25,23-10-4-2-5-11-23)24-12-6-3-7-13-24;1-27-23-14-8-9-15-24(23)28-17-16-26-18-22-19-29-25(30-22,20-10-4-2-5-11-20)21-12-6-3-7-13-21/h2-15,25H,16-22H2,1H3;2-15,22,26H,16-19H2,1H3. The maximum Gasteiger partial charge on any atom is 0.222 e. The van der Waals surface area contributed by atoms with Crippen LogP contribution in [-0.2, 0) is 25.6 Å². The van der Waals surface area contributed by atoms with E-state index in [-0.39, 0.29) is 17.8 Å². The van der Waals surface area contributed by atoms with Crippen LogP contribution in [0.25, 0.3) is 0 Å². The molecule has 3 heterocycles. The molecule has 1 N–H and O–H groups in total. The first-order valence-electron chi connectivity index (χ1n) is 21.9. The normalized spacial score (nSPS) is 19.3. The van der Waals surface area contributed by atoms with Crippen molar-refractivity contribution in [3.05, 3.63) is 192 Å². The number of methoxy groups -OCH3 is 2. The van der Waals surface area contributed by atoms with E-state index in [1.165, 1.54) is 16.8 Å². The highest BCUT2D eigenvalue weighted by Crippen LogP contribution is 2.45. The summed E-state index contributed by atoms with van der Waals surface area (Å²) in [6.45, 7) is 7.52. The van der Waals surface area contributed by atoms with Crippen LogP contribution in [0, 0.1) is 0 Å². The number of hydrogen-bond donors (Lipinski definition) is 1. The number of anilines is 1. The smallest absolute Gasteiger partial charge is 0.222 e. The van der Waals surface area contributed by atoms with Gasteiger partial charge in [0.25, 0.3) is 0 Å². The van der Waals surface area contributed by atoms with Crippen molar-refractivity contribution in [2.75, 3.05) is 78.1 Å². The Labute approximate surface area is 367 Å². The number of nitrogens with one attached hydrogen (secondary N) is 1. The third-order valence-corrected chi connectivity index (χ3v) is 12.0. The van der Waals surface area contributed by atoms with Gasteiger partial charge >= 0.3 is 0 Å². The van der Waals surface area contributed by atoms with Gasteiger partial charge in [-0.15, -0.1) is 0 Å². The number of hydrogen-bond acceptors (Lipinski definition) is 9. The van der Waals surface area contributed by atoms with E-state index in [0.717, 1.165) is 73.9 Å². The SMILES string of the molecule is COc1ccccc1N1CCN(CC2CCC(c3ccccc3)(c3ccccc3)O2)CC1.COc1ccccc1OCCNCC1COC(c2ccccc2)(c2ccccc2)O1. The Hall–Kier alpha value is -5.68. The number of benzene rings is 6. The van der Waals surface area contributed by atoms with E-state index in [9.17, 15) is 0 Å². The summed E-state index contributed by atoms with van der Waals surface area (Å²) < 4.78 is 36.3. The van der Waals surface area contributed by atoms with Crippen molar-refractivity contribution < 1.29 is 28.4 Å². The lowest BCUT2D eigenvalue weighted by Crippen LogP contribution is -2.48. The van der Waals surface area contributed by atoms with Crippen molar-refractivity contribution >= 4 is 5.69 Å². The van der Waals surface area contributed by atoms with Gasteiger partial charge in [-0.05, 0) is 48.2 Å². The van der Waals surface area contributed by atoms with Crippen molar-refractivity contribution in [2.45, 2.75) is 36.4 Å². The summed E-state index contributed by atoms with van der Waals surface area (Å²) >= 11 is 0. The number of ether oxygens (including phenoxy) is 6. The Balaban J connectivity index is 0.000000171. The molecule has 9 nitrogen and oxygen atoms in total. The van der Waals surface area contributed by atoms with E-state index in [4.69, 9.17) is 28.4 Å². The van der Waals surface area contributed by atoms with Crippen LogP contribution in [0.2, 0.25) is 0 Å². The van der Waals surface area contributed by atoms with Crippen LogP contribution in [0.1, 0.15) is 35.1 Å². The van der Waals surface area contributed by atoms with E-state index in [0.29, 0.717) is 26.3 Å². The molecule has 2 unspecified atom stereocenters. The molecule has 0 saturated carbocycles. The van der Waals surface area contributed by atoms with Crippen LogP contribution in [0.5, 0.6) is 17.2 Å². The zero-order valence-electron chi connectivity index (χ0n) is 35.9. The van der Waals surface area contributed by atoms with Gasteiger partial charge in [-0.2, -0.15) is 0 Å². The quantitative estimate of drug-likeness (QED) is 0.102. The summed E-state index contributed by atoms with van der Waals surface area (Å²) in [5, 5.41) is 3.40. The fourth-order valence-electron chi connectivity index (χ4n) is 8.88. The predicted octanol–water partition coefficient (Wildman–Crippen LogP) is 8.92. The molecule has 3 saturated heterocycles. The summed E-state index contributed by atoms with van der Waals surface area (Å²) in [4.78, 5) is 4.99. The Morgan fingerprint density at radius 1 is 0.565 bits per heavy atom. The minimum Gasteiger partial charge on any atom is -0.495 e. The molecule has 2 atom stereocenters. The summed E-state index contributed by atoms with van der Waals surface area (Å²) in [6, 6.07) is 57.6. The van der Waals surface area contributed by atoms with Gasteiger partial charge in [-0.25, -0.2) is 0 Å². The highest BCUT2D eigenvalue weighted by Gasteiger charge is 2.45. The molecule has 322 valence electrons. The van der Waals surface area contributed by atoms with Crippen molar-refractivity contribution in [1.82, 2.24) is 10.2 Å². The fourth-order valence-corrected chi connectivity index (χ4v) is 8.88. The molecule has 62 heavy (non-hydrogen) atoms. The van der Waals surface area contributed by atoms with Gasteiger partial charge in [0.2, 0.25) is 5.79 Å². The molecular formula is C53H59N3O6. The largest absolute Gasteiger partial charge is 0.495 e. The predicted molar refractivity (Wildman–Crippen MR) is 245 cm³/mol. The van der Waals surface area contributed by atoms with Crippen LogP contribution in [-0.4, -0.2) is 90.4 Å². The molecule has 6 aromatic carbocycles. The van der Waals surface area contributed by atoms with Crippen molar-refractivity contribution in [3.8, 4) is 17.2 Å². The molecule has 0 radical (unpaired) electrons. The van der Waals surface area contributed by atoms with Crippen LogP contribution < -0.4 is 24.4 Å². The summed E-state index contributed by atoms with van der Waals surface area (Å²) in [6.07, 6.45) is 2.29. The van der Waals surface area contributed by atoms with Gasteiger partial charge in [0.05, 0.1) is 38.7 Å². The van der Waals surface area contributed by atoms with Gasteiger partial charge < -0.3 is 38.6 Å². The number of para-hydroxylation sites is 4. The van der Waals surface area contributed by atoms with Gasteiger partial charge in [0, 0.05) is 56.9 Å². The second kappa shape index (κ2) is 20.9. The molecule has 0 aromatic heterocycles. The minimum atomic E-state index is -0.872. The van der Waals surface area contributed by atoms with Crippen LogP contribution >= 0.6 is 0 Å². The first-order valence-corrected chi connectivity index (χ1v) is 21.9. The Bertz CT molecular complexity index is 2160. The molecule has 0 bridgehead atoms. The molecular weight excluding hydrogens is 775 g/mol. The van der Waals surface area contributed by atoms with E-state index in [1.807, 2.05) is 97.1 Å². The van der Waals surface area contributed by atoms with Crippen molar-refractivity contribution in [3.63, 3.8) is 0 Å². The molecule has 6 aromatic rings. The highest BCUT2D eigenvalue weighted by molar-refractivity contribution is 5.58. The Kier molecular flexibility index (Phi) is 14.5. The first-order chi connectivity index (χ1) is 30.6. The zero-order valence-corrected chi connectivity index (χ0v) is 35.9. The van der Waals surface area contributed by atoms with Gasteiger partial charge in [0.1, 0.15) is 18.0 Å². The van der Waals surface area contributed by atoms with E-state index in [2.05, 4.69) is 87.9 Å². The van der Waals surface area contributed by atoms with E-state index < -0.39 is 5.79 Å². The van der Waals surface area contributed by atoms with Crippen LogP contribution in [0.15, 0.2) is 170 Å². The number of piperazine rings is 1. The van der Waals surface area contributed by atoms with E-state index in [1.54, 1.807) is 14.2 Å². The molecule has 0 aliphatic carbocycles. The second-order valence-corrected chi connectivity index (χ2v) is 15.9. The molecule has 9 heteroatoms. The maximum absolute atomic E-state index is 6.90. The molecule has 3 aliphatic rings. The third-order valence-electron chi connectivity index (χ3n) is 12.0. The third kappa shape index (κ3) is 9.99. The summed E-state index contributed by atoms with van der Waals surface area (Å²) in [7, 11) is 3.39. The number of rotatable bonds is 15. The fraction of sp³-hybridized carbons (Fsp3) is 0.321. The molecule has 3 aliphatic heterocycles. The number of nitrogens with zero attached hydrogens (tertiary/aromatic N) is 2. The molecule has 9 rings (SSSR count). The van der Waals surface area contributed by atoms with Gasteiger partial charge in [0.15, 0.2) is 11.5 Å². The average molecular weight is 834 g/mol. The minimum absolute atomic E-state index is 0.0586.